The average molecular weight is 386 g/mol. The van der Waals surface area contributed by atoms with Crippen molar-refractivity contribution < 1.29 is 17.9 Å². The predicted octanol–water partition coefficient (Wildman–Crippen LogP) is 1.97. The van der Waals surface area contributed by atoms with Gasteiger partial charge in [-0.05, 0) is 39.8 Å². The Morgan fingerprint density at radius 3 is 2.38 bits per heavy atom. The fraction of sp³-hybridized carbons (Fsp3) is 0.611. The molecule has 0 aliphatic carbocycles. The lowest BCUT2D eigenvalue weighted by atomic mass is 10.2. The summed E-state index contributed by atoms with van der Waals surface area (Å²) in [6.45, 7) is 8.45. The molecule has 0 saturated heterocycles. The Balaban J connectivity index is 2.78. The number of aliphatic imine (C=N–C) groups is 1. The minimum absolute atomic E-state index is 0.0484. The lowest BCUT2D eigenvalue weighted by Crippen LogP contribution is -2.41. The Morgan fingerprint density at radius 1 is 1.15 bits per heavy atom. The van der Waals surface area contributed by atoms with Crippen LogP contribution in [0.5, 0.6) is 11.5 Å². The van der Waals surface area contributed by atoms with Gasteiger partial charge in [0.25, 0.3) is 0 Å². The number of hydrogen-bond donors (Lipinski definition) is 2. The van der Waals surface area contributed by atoms with Crippen LogP contribution in [0.1, 0.15) is 33.3 Å². The van der Waals surface area contributed by atoms with E-state index in [4.69, 9.17) is 9.47 Å². The van der Waals surface area contributed by atoms with Crippen molar-refractivity contribution in [2.45, 2.75) is 39.0 Å². The summed E-state index contributed by atoms with van der Waals surface area (Å²) >= 11 is 0. The van der Waals surface area contributed by atoms with Crippen LogP contribution in [0.25, 0.3) is 0 Å². The van der Waals surface area contributed by atoms with E-state index in [1.807, 2.05) is 19.1 Å². The highest BCUT2D eigenvalue weighted by Gasteiger charge is 2.28. The van der Waals surface area contributed by atoms with Gasteiger partial charge in [0.05, 0.1) is 31.3 Å². The summed E-state index contributed by atoms with van der Waals surface area (Å²) in [4.78, 5) is 4.51. The second-order valence-corrected chi connectivity index (χ2v) is 9.59. The average Bonchev–Trinajstić information content (AvgIpc) is 2.58. The Bertz CT molecular complexity index is 710. The van der Waals surface area contributed by atoms with E-state index >= 15 is 0 Å². The molecule has 0 fully saturated rings. The van der Waals surface area contributed by atoms with Crippen LogP contribution in [-0.2, 0) is 16.4 Å². The van der Waals surface area contributed by atoms with Gasteiger partial charge in [-0.25, -0.2) is 13.4 Å². The summed E-state index contributed by atoms with van der Waals surface area (Å²) in [5, 5.41) is 6.19. The second-order valence-electron chi connectivity index (χ2n) is 6.73. The zero-order valence-corrected chi connectivity index (χ0v) is 17.4. The molecule has 0 aliphatic heterocycles. The number of ether oxygens (including phenoxy) is 2. The van der Waals surface area contributed by atoms with Crippen molar-refractivity contribution >= 4 is 15.8 Å². The van der Waals surface area contributed by atoms with Crippen molar-refractivity contribution in [3.05, 3.63) is 23.8 Å². The molecule has 26 heavy (non-hydrogen) atoms. The topological polar surface area (TPSA) is 89.0 Å². The minimum atomic E-state index is -3.17. The maximum absolute atomic E-state index is 12.2. The molecule has 0 amide bonds. The summed E-state index contributed by atoms with van der Waals surface area (Å²) in [5.41, 5.74) is 0.910. The SMILES string of the molecule is CCNC(=NCc1ccc(OC)cc1OC)NCCS(=O)(=O)C(C)(C)C. The van der Waals surface area contributed by atoms with Gasteiger partial charge in [0, 0.05) is 24.7 Å². The van der Waals surface area contributed by atoms with E-state index < -0.39 is 14.6 Å². The molecule has 0 aliphatic rings. The number of methoxy groups -OCH3 is 2. The van der Waals surface area contributed by atoms with Crippen LogP contribution < -0.4 is 20.1 Å². The number of guanidine groups is 1. The molecule has 2 N–H and O–H groups in total. The van der Waals surface area contributed by atoms with Crippen molar-refractivity contribution in [1.29, 1.82) is 0 Å². The standard InChI is InChI=1S/C18H31N3O4S/c1-7-19-17(20-10-11-26(22,23)18(2,3)4)21-13-14-8-9-15(24-5)12-16(14)25-6/h8-9,12H,7,10-11,13H2,1-6H3,(H2,19,20,21). The summed E-state index contributed by atoms with van der Waals surface area (Å²) in [6, 6.07) is 5.56. The zero-order valence-electron chi connectivity index (χ0n) is 16.5. The number of sulfone groups is 1. The maximum atomic E-state index is 12.2. The Kier molecular flexibility index (Phi) is 8.20. The smallest absolute Gasteiger partial charge is 0.191 e. The van der Waals surface area contributed by atoms with E-state index in [2.05, 4.69) is 15.6 Å². The van der Waals surface area contributed by atoms with Gasteiger partial charge in [0.1, 0.15) is 11.5 Å². The Hall–Kier alpha value is -1.96. The molecule has 7 nitrogen and oxygen atoms in total. The molecular formula is C18H31N3O4S. The fourth-order valence-corrected chi connectivity index (χ4v) is 3.08. The summed E-state index contributed by atoms with van der Waals surface area (Å²) < 4.78 is 34.2. The maximum Gasteiger partial charge on any atom is 0.191 e. The van der Waals surface area contributed by atoms with Gasteiger partial charge in [-0.2, -0.15) is 0 Å². The van der Waals surface area contributed by atoms with E-state index in [-0.39, 0.29) is 5.75 Å². The molecule has 1 aromatic carbocycles. The first-order chi connectivity index (χ1) is 12.1. The number of hydrogen-bond acceptors (Lipinski definition) is 5. The molecule has 0 atom stereocenters. The van der Waals surface area contributed by atoms with E-state index in [0.29, 0.717) is 37.1 Å². The van der Waals surface area contributed by atoms with Gasteiger partial charge in [0.15, 0.2) is 15.8 Å². The number of nitrogens with zero attached hydrogens (tertiary/aromatic N) is 1. The largest absolute Gasteiger partial charge is 0.497 e. The third kappa shape index (κ3) is 6.40. The van der Waals surface area contributed by atoms with Crippen molar-refractivity contribution in [1.82, 2.24) is 10.6 Å². The highest BCUT2D eigenvalue weighted by atomic mass is 32.2. The highest BCUT2D eigenvalue weighted by Crippen LogP contribution is 2.25. The van der Waals surface area contributed by atoms with Gasteiger partial charge >= 0.3 is 0 Å². The van der Waals surface area contributed by atoms with Crippen LogP contribution in [-0.4, -0.2) is 52.2 Å². The summed E-state index contributed by atoms with van der Waals surface area (Å²) in [7, 11) is 0.0296. The number of nitrogens with one attached hydrogen (secondary N) is 2. The van der Waals surface area contributed by atoms with Gasteiger partial charge in [-0.15, -0.1) is 0 Å². The monoisotopic (exact) mass is 385 g/mol. The van der Waals surface area contributed by atoms with E-state index in [1.54, 1.807) is 41.1 Å². The third-order valence-electron chi connectivity index (χ3n) is 3.84. The molecule has 1 rings (SSSR count). The van der Waals surface area contributed by atoms with E-state index in [9.17, 15) is 8.42 Å². The Morgan fingerprint density at radius 2 is 1.85 bits per heavy atom. The molecule has 1 aromatic rings. The first-order valence-corrected chi connectivity index (χ1v) is 10.2. The molecule has 0 bridgehead atoms. The number of rotatable bonds is 8. The van der Waals surface area contributed by atoms with Crippen LogP contribution >= 0.6 is 0 Å². The molecule has 148 valence electrons. The van der Waals surface area contributed by atoms with Gasteiger partial charge in [-0.3, -0.25) is 0 Å². The highest BCUT2D eigenvalue weighted by molar-refractivity contribution is 7.92. The molecule has 0 unspecified atom stereocenters. The molecule has 0 saturated carbocycles. The molecule has 0 aromatic heterocycles. The quantitative estimate of drug-likeness (QED) is 0.525. The number of benzene rings is 1. The molecule has 0 spiro atoms. The van der Waals surface area contributed by atoms with E-state index in [0.717, 1.165) is 5.56 Å². The van der Waals surface area contributed by atoms with Crippen LogP contribution in [0, 0.1) is 0 Å². The molecule has 8 heteroatoms. The third-order valence-corrected chi connectivity index (χ3v) is 6.45. The summed E-state index contributed by atoms with van der Waals surface area (Å²) in [6.07, 6.45) is 0. The minimum Gasteiger partial charge on any atom is -0.497 e. The van der Waals surface area contributed by atoms with Crippen molar-refractivity contribution in [2.75, 3.05) is 33.1 Å². The van der Waals surface area contributed by atoms with Crippen molar-refractivity contribution in [3.63, 3.8) is 0 Å². The van der Waals surface area contributed by atoms with E-state index in [1.165, 1.54) is 0 Å². The van der Waals surface area contributed by atoms with Crippen molar-refractivity contribution in [2.24, 2.45) is 4.99 Å². The van der Waals surface area contributed by atoms with Crippen molar-refractivity contribution in [3.8, 4) is 11.5 Å². The van der Waals surface area contributed by atoms with Gasteiger partial charge in [-0.1, -0.05) is 0 Å². The normalized spacial score (nSPS) is 12.6. The van der Waals surface area contributed by atoms with Crippen LogP contribution in [0.2, 0.25) is 0 Å². The lowest BCUT2D eigenvalue weighted by molar-refractivity contribution is 0.391. The van der Waals surface area contributed by atoms with Crippen LogP contribution in [0.15, 0.2) is 23.2 Å². The van der Waals surface area contributed by atoms with Gasteiger partial charge in [0.2, 0.25) is 0 Å². The molecule has 0 radical (unpaired) electrons. The zero-order chi connectivity index (χ0) is 19.8. The fourth-order valence-electron chi connectivity index (χ4n) is 2.10. The van der Waals surface area contributed by atoms with Crippen LogP contribution in [0.4, 0.5) is 0 Å². The van der Waals surface area contributed by atoms with Crippen LogP contribution in [0.3, 0.4) is 0 Å². The predicted molar refractivity (Wildman–Crippen MR) is 106 cm³/mol. The Labute approximate surface area is 157 Å². The molecular weight excluding hydrogens is 354 g/mol. The molecule has 0 heterocycles. The van der Waals surface area contributed by atoms with Gasteiger partial charge < -0.3 is 20.1 Å². The first-order valence-electron chi connectivity index (χ1n) is 8.60. The lowest BCUT2D eigenvalue weighted by Gasteiger charge is -2.19. The first kappa shape index (κ1) is 22.1. The second kappa shape index (κ2) is 9.66. The summed E-state index contributed by atoms with van der Waals surface area (Å²) in [5.74, 6) is 2.02.